The van der Waals surface area contributed by atoms with Crippen LogP contribution in [-0.2, 0) is 27.1 Å². The number of benzene rings is 6. The van der Waals surface area contributed by atoms with E-state index in [1.807, 2.05) is 11.8 Å². The van der Waals surface area contributed by atoms with Crippen molar-refractivity contribution in [2.45, 2.75) is 144 Å². The molecule has 0 N–H and O–H groups in total. The van der Waals surface area contributed by atoms with Crippen molar-refractivity contribution in [1.29, 1.82) is 0 Å². The van der Waals surface area contributed by atoms with Crippen LogP contribution in [0.5, 0.6) is 0 Å². The van der Waals surface area contributed by atoms with Gasteiger partial charge in [0.05, 0.1) is 0 Å². The normalized spacial score (nSPS) is 29.6. The number of anilines is 3. The minimum absolute atomic E-state index is 0.123. The lowest BCUT2D eigenvalue weighted by atomic mass is 9.26. The van der Waals surface area contributed by atoms with Crippen LogP contribution >= 0.6 is 11.8 Å². The summed E-state index contributed by atoms with van der Waals surface area (Å²) in [7, 11) is 0. The van der Waals surface area contributed by atoms with Gasteiger partial charge in [0.25, 0.3) is 0 Å². The molecular weight excluding hydrogens is 791 g/mol. The molecule has 2 heteroatoms. The Balaban J connectivity index is 0.958. The Bertz CT molecular complexity index is 2790. The van der Waals surface area contributed by atoms with Gasteiger partial charge in [0.15, 0.2) is 0 Å². The zero-order valence-electron chi connectivity index (χ0n) is 39.4. The van der Waals surface area contributed by atoms with Crippen molar-refractivity contribution in [1.82, 2.24) is 0 Å². The predicted octanol–water partition coefficient (Wildman–Crippen LogP) is 17.0. The van der Waals surface area contributed by atoms with Crippen LogP contribution in [0, 0.1) is 29.1 Å². The van der Waals surface area contributed by atoms with Gasteiger partial charge in [-0.05, 0) is 206 Å². The van der Waals surface area contributed by atoms with E-state index in [4.69, 9.17) is 0 Å². The van der Waals surface area contributed by atoms with Gasteiger partial charge in [0, 0.05) is 32.3 Å². The van der Waals surface area contributed by atoms with Crippen LogP contribution in [0.4, 0.5) is 17.1 Å². The molecule has 6 aromatic rings. The number of nitrogens with zero attached hydrogens (tertiary/aromatic N) is 1. The summed E-state index contributed by atoms with van der Waals surface area (Å²) >= 11 is 2.02. The third kappa shape index (κ3) is 5.16. The molecule has 6 atom stereocenters. The van der Waals surface area contributed by atoms with Gasteiger partial charge in [0.1, 0.15) is 0 Å². The summed E-state index contributed by atoms with van der Waals surface area (Å²) in [4.78, 5) is 5.55. The van der Waals surface area contributed by atoms with Gasteiger partial charge in [-0.3, -0.25) is 0 Å². The minimum Gasteiger partial charge on any atom is -0.310 e. The monoisotopic (exact) mass is 855 g/mol. The fourth-order valence-corrected chi connectivity index (χ4v) is 17.4. The van der Waals surface area contributed by atoms with Crippen LogP contribution in [0.2, 0.25) is 0 Å². The molecule has 7 aliphatic rings. The fraction of sp³-hybridized carbons (Fsp3) is 0.419. The summed E-state index contributed by atoms with van der Waals surface area (Å²) < 4.78 is 0. The maximum atomic E-state index is 2.67. The second kappa shape index (κ2) is 13.1. The largest absolute Gasteiger partial charge is 0.310 e. The van der Waals surface area contributed by atoms with E-state index >= 15 is 0 Å². The number of hydrogen-bond donors (Lipinski definition) is 0. The average molecular weight is 856 g/mol. The van der Waals surface area contributed by atoms with Crippen molar-refractivity contribution in [3.63, 3.8) is 0 Å². The number of rotatable bonds is 5. The highest BCUT2D eigenvalue weighted by Gasteiger charge is 2.84. The molecule has 6 aromatic carbocycles. The minimum atomic E-state index is 0.123. The summed E-state index contributed by atoms with van der Waals surface area (Å²) in [5.41, 5.74) is 19.8. The van der Waals surface area contributed by atoms with Crippen molar-refractivity contribution in [2.75, 3.05) is 4.90 Å². The first-order valence-corrected chi connectivity index (χ1v) is 25.7. The molecule has 4 saturated carbocycles. The first kappa shape index (κ1) is 39.8. The van der Waals surface area contributed by atoms with E-state index in [2.05, 4.69) is 188 Å². The van der Waals surface area contributed by atoms with Crippen molar-refractivity contribution < 1.29 is 0 Å². The van der Waals surface area contributed by atoms with Gasteiger partial charge >= 0.3 is 0 Å². The van der Waals surface area contributed by atoms with Crippen LogP contribution in [-0.4, -0.2) is 0 Å². The number of fused-ring (bicyclic) bond motifs is 9. The van der Waals surface area contributed by atoms with E-state index in [0.29, 0.717) is 5.41 Å². The smallest absolute Gasteiger partial charge is 0.0465 e. The van der Waals surface area contributed by atoms with Crippen molar-refractivity contribution in [3.8, 4) is 22.3 Å². The van der Waals surface area contributed by atoms with Gasteiger partial charge in [-0.1, -0.05) is 146 Å². The van der Waals surface area contributed by atoms with Crippen LogP contribution in [0.3, 0.4) is 0 Å². The molecule has 0 saturated heterocycles. The van der Waals surface area contributed by atoms with Crippen LogP contribution in [0.15, 0.2) is 137 Å². The Morgan fingerprint density at radius 3 is 1.53 bits per heavy atom. The summed E-state index contributed by atoms with van der Waals surface area (Å²) in [6, 6.07) is 50.6. The summed E-state index contributed by atoms with van der Waals surface area (Å²) in [5, 5.41) is 0. The molecule has 13 rings (SSSR count). The van der Waals surface area contributed by atoms with E-state index in [1.54, 1.807) is 11.1 Å². The third-order valence-corrected chi connectivity index (χ3v) is 20.4. The van der Waals surface area contributed by atoms with E-state index in [0.717, 1.165) is 23.7 Å². The van der Waals surface area contributed by atoms with E-state index < -0.39 is 0 Å². The van der Waals surface area contributed by atoms with E-state index in [1.165, 1.54) is 123 Å². The molecule has 1 nitrogen and oxygen atoms in total. The molecule has 0 aromatic heterocycles. The highest BCUT2D eigenvalue weighted by atomic mass is 32.2. The molecule has 4 fully saturated rings. The second-order valence-corrected chi connectivity index (χ2v) is 25.3. The molecule has 1 aliphatic heterocycles. The molecule has 324 valence electrons. The lowest BCUT2D eigenvalue weighted by molar-refractivity contribution is -0.235. The molecule has 1 heterocycles. The molecule has 64 heavy (non-hydrogen) atoms. The highest BCUT2D eigenvalue weighted by Crippen LogP contribution is 2.89. The van der Waals surface area contributed by atoms with Crippen molar-refractivity contribution in [2.24, 2.45) is 29.1 Å². The maximum Gasteiger partial charge on any atom is 0.0465 e. The third-order valence-electron chi connectivity index (χ3n) is 19.3. The zero-order chi connectivity index (χ0) is 43.8. The topological polar surface area (TPSA) is 3.24 Å². The van der Waals surface area contributed by atoms with E-state index in [-0.39, 0.29) is 27.1 Å². The Kier molecular flexibility index (Phi) is 8.14. The average Bonchev–Trinajstić information content (AvgIpc) is 3.82. The maximum absolute atomic E-state index is 2.67. The fourth-order valence-electron chi connectivity index (χ4n) is 16.2. The van der Waals surface area contributed by atoms with Crippen molar-refractivity contribution >= 4 is 28.8 Å². The Morgan fingerprint density at radius 1 is 0.453 bits per heavy atom. The van der Waals surface area contributed by atoms with Gasteiger partial charge in [0.2, 0.25) is 0 Å². The molecular formula is C62H65NS. The standard InChI is InChI=1S/C62H65NS/c1-57(2)29-31-59(5,6)55-45(13-11-16-48(55)57)39-19-23-42(24-20-39)63(43-25-21-40(22-26-43)46-14-12-17-49-56(46)60(7,8)32-30-58(49,3)4)44-27-28-52-50(36-44)62(47-15-9-10-18-51(47)64-52)53-34-38-33-41-35-54(62)61(41,53)37-38/h9-28,36,38,41,53-54H,29-35,37H2,1-8H3. The SMILES string of the molecule is CC1(C)CCC(C)(C)c2c(-c3ccc(N(c4ccc(-c5cccc6c5C(C)(C)CCC6(C)C)cc4)c4ccc5c(c4)C4(c6ccccc6S5)C5CC6CC7CC4C75C6)cc3)cccc21. The van der Waals surface area contributed by atoms with E-state index in [9.17, 15) is 0 Å². The molecule has 6 unspecified atom stereocenters. The Labute approximate surface area is 387 Å². The predicted molar refractivity (Wildman–Crippen MR) is 269 cm³/mol. The summed E-state index contributed by atoms with van der Waals surface area (Å²) in [5.74, 6) is 3.43. The van der Waals surface area contributed by atoms with Gasteiger partial charge < -0.3 is 4.90 Å². The molecule has 0 amide bonds. The lowest BCUT2D eigenvalue weighted by Gasteiger charge is -2.78. The van der Waals surface area contributed by atoms with Crippen LogP contribution in [0.1, 0.15) is 140 Å². The Morgan fingerprint density at radius 2 is 0.953 bits per heavy atom. The summed E-state index contributed by atoms with van der Waals surface area (Å²) in [6.07, 6.45) is 10.7. The zero-order valence-corrected chi connectivity index (χ0v) is 40.3. The van der Waals surface area contributed by atoms with Gasteiger partial charge in [-0.2, -0.15) is 0 Å². The summed E-state index contributed by atoms with van der Waals surface area (Å²) in [6.45, 7) is 19.6. The van der Waals surface area contributed by atoms with Crippen molar-refractivity contribution in [3.05, 3.63) is 161 Å². The van der Waals surface area contributed by atoms with Crippen LogP contribution in [0.25, 0.3) is 22.3 Å². The first-order valence-electron chi connectivity index (χ1n) is 24.8. The highest BCUT2D eigenvalue weighted by molar-refractivity contribution is 7.99. The number of hydrogen-bond acceptors (Lipinski definition) is 2. The quantitative estimate of drug-likeness (QED) is 0.170. The first-order chi connectivity index (χ1) is 30.6. The van der Waals surface area contributed by atoms with Crippen LogP contribution < -0.4 is 4.90 Å². The molecule has 0 radical (unpaired) electrons. The lowest BCUT2D eigenvalue weighted by Crippen LogP contribution is -2.74. The van der Waals surface area contributed by atoms with Gasteiger partial charge in [-0.25, -0.2) is 0 Å². The molecule has 2 spiro atoms. The molecule has 2 bridgehead atoms. The second-order valence-electron chi connectivity index (χ2n) is 24.3. The Hall–Kier alpha value is -4.53. The molecule has 6 aliphatic carbocycles. The van der Waals surface area contributed by atoms with Gasteiger partial charge in [-0.15, -0.1) is 0 Å².